The fourth-order valence-electron chi connectivity index (χ4n) is 3.33. The number of halogens is 1. The molecule has 0 radical (unpaired) electrons. The van der Waals surface area contributed by atoms with Crippen LogP contribution in [0.25, 0.3) is 0 Å². The van der Waals surface area contributed by atoms with Gasteiger partial charge in [0.2, 0.25) is 0 Å². The Morgan fingerprint density at radius 3 is 1.77 bits per heavy atom. The maximum absolute atomic E-state index is 13.5. The number of rotatable bonds is 6. The van der Waals surface area contributed by atoms with Gasteiger partial charge in [-0.1, -0.05) is 79.7 Å². The van der Waals surface area contributed by atoms with Crippen molar-refractivity contribution in [1.29, 1.82) is 0 Å². The Balaban J connectivity index is 2.12. The van der Waals surface area contributed by atoms with E-state index in [0.29, 0.717) is 5.71 Å². The van der Waals surface area contributed by atoms with E-state index in [1.165, 1.54) is 12.1 Å². The van der Waals surface area contributed by atoms with Gasteiger partial charge in [0, 0.05) is 17.0 Å². The van der Waals surface area contributed by atoms with Gasteiger partial charge in [0.25, 0.3) is 0 Å². The largest absolute Gasteiger partial charge is 0.458 e. The molecule has 0 N–H and O–H groups in total. The molecule has 3 aromatic carbocycles. The third kappa shape index (κ3) is 6.11. The van der Waals surface area contributed by atoms with Crippen molar-refractivity contribution in [2.24, 2.45) is 4.99 Å². The molecule has 2 atom stereocenters. The standard InChI is InChI=1S/C27H28FNO2/c1-19(20-15-17-23(28)18-16-20)24(26(30)31-27(2,3)4)29-25(21-11-7-5-8-12-21)22-13-9-6-10-14-22/h5-19,24H,1-4H3/t19-,24+/m0/s1. The summed E-state index contributed by atoms with van der Waals surface area (Å²) in [6.07, 6.45) is 0. The molecule has 0 unspecified atom stereocenters. The number of hydrogen-bond donors (Lipinski definition) is 0. The van der Waals surface area contributed by atoms with Crippen molar-refractivity contribution in [3.05, 3.63) is 107 Å². The fraction of sp³-hybridized carbons (Fsp3) is 0.259. The van der Waals surface area contributed by atoms with E-state index >= 15 is 0 Å². The Morgan fingerprint density at radius 2 is 1.32 bits per heavy atom. The zero-order chi connectivity index (χ0) is 22.4. The predicted molar refractivity (Wildman–Crippen MR) is 123 cm³/mol. The van der Waals surface area contributed by atoms with Gasteiger partial charge in [0.1, 0.15) is 11.4 Å². The van der Waals surface area contributed by atoms with Gasteiger partial charge in [-0.3, -0.25) is 4.99 Å². The van der Waals surface area contributed by atoms with Crippen LogP contribution in [0.2, 0.25) is 0 Å². The van der Waals surface area contributed by atoms with Crippen LogP contribution in [-0.2, 0) is 9.53 Å². The number of aliphatic imine (C=N–C) groups is 1. The second kappa shape index (κ2) is 9.69. The Labute approximate surface area is 183 Å². The first kappa shape index (κ1) is 22.4. The minimum absolute atomic E-state index is 0.308. The van der Waals surface area contributed by atoms with E-state index in [0.717, 1.165) is 16.7 Å². The average Bonchev–Trinajstić information content (AvgIpc) is 2.74. The lowest BCUT2D eigenvalue weighted by Gasteiger charge is -2.26. The lowest BCUT2D eigenvalue weighted by molar-refractivity contribution is -0.156. The summed E-state index contributed by atoms with van der Waals surface area (Å²) in [5.74, 6) is -1.03. The van der Waals surface area contributed by atoms with Crippen LogP contribution in [0.5, 0.6) is 0 Å². The second-order valence-corrected chi connectivity index (χ2v) is 8.53. The highest BCUT2D eigenvalue weighted by molar-refractivity contribution is 6.13. The number of nitrogens with zero attached hydrogens (tertiary/aromatic N) is 1. The van der Waals surface area contributed by atoms with Crippen molar-refractivity contribution in [3.8, 4) is 0 Å². The summed E-state index contributed by atoms with van der Waals surface area (Å²) in [5, 5.41) is 0. The van der Waals surface area contributed by atoms with Crippen LogP contribution in [0.3, 0.4) is 0 Å². The maximum Gasteiger partial charge on any atom is 0.332 e. The van der Waals surface area contributed by atoms with E-state index in [9.17, 15) is 9.18 Å². The van der Waals surface area contributed by atoms with Crippen molar-refractivity contribution in [2.45, 2.75) is 45.3 Å². The molecular formula is C27H28FNO2. The van der Waals surface area contributed by atoms with E-state index in [1.54, 1.807) is 12.1 Å². The van der Waals surface area contributed by atoms with Gasteiger partial charge in [0.15, 0.2) is 6.04 Å². The van der Waals surface area contributed by atoms with E-state index in [4.69, 9.17) is 9.73 Å². The van der Waals surface area contributed by atoms with Crippen LogP contribution < -0.4 is 0 Å². The van der Waals surface area contributed by atoms with Gasteiger partial charge in [-0.2, -0.15) is 0 Å². The molecule has 0 aliphatic heterocycles. The first-order chi connectivity index (χ1) is 14.7. The quantitative estimate of drug-likeness (QED) is 0.355. The van der Waals surface area contributed by atoms with Crippen molar-refractivity contribution < 1.29 is 13.9 Å². The van der Waals surface area contributed by atoms with Gasteiger partial charge >= 0.3 is 5.97 Å². The highest BCUT2D eigenvalue weighted by Gasteiger charge is 2.31. The SMILES string of the molecule is C[C@@H](c1ccc(F)cc1)[C@@H](N=C(c1ccccc1)c1ccccc1)C(=O)OC(C)(C)C. The van der Waals surface area contributed by atoms with E-state index in [-0.39, 0.29) is 11.7 Å². The molecule has 160 valence electrons. The summed E-state index contributed by atoms with van der Waals surface area (Å²) in [6.45, 7) is 7.43. The molecular weight excluding hydrogens is 389 g/mol. The zero-order valence-electron chi connectivity index (χ0n) is 18.4. The summed E-state index contributed by atoms with van der Waals surface area (Å²) < 4.78 is 19.2. The van der Waals surface area contributed by atoms with Crippen molar-refractivity contribution >= 4 is 11.7 Å². The first-order valence-corrected chi connectivity index (χ1v) is 10.4. The summed E-state index contributed by atoms with van der Waals surface area (Å²) in [6, 6.07) is 24.9. The van der Waals surface area contributed by atoms with Crippen LogP contribution in [-0.4, -0.2) is 23.3 Å². The molecule has 0 bridgehead atoms. The molecule has 4 heteroatoms. The number of carbonyl (C=O) groups excluding carboxylic acids is 1. The Kier molecular flexibility index (Phi) is 7.01. The smallest absolute Gasteiger partial charge is 0.332 e. The van der Waals surface area contributed by atoms with Crippen molar-refractivity contribution in [1.82, 2.24) is 0 Å². The number of ether oxygens (including phenoxy) is 1. The van der Waals surface area contributed by atoms with Crippen LogP contribution >= 0.6 is 0 Å². The van der Waals surface area contributed by atoms with Crippen LogP contribution in [0.4, 0.5) is 4.39 Å². The topological polar surface area (TPSA) is 38.7 Å². The predicted octanol–water partition coefficient (Wildman–Crippen LogP) is 6.18. The Morgan fingerprint density at radius 1 is 0.839 bits per heavy atom. The Hall–Kier alpha value is -3.27. The van der Waals surface area contributed by atoms with Gasteiger partial charge < -0.3 is 4.74 Å². The molecule has 0 amide bonds. The van der Waals surface area contributed by atoms with Gasteiger partial charge in [0.05, 0.1) is 5.71 Å². The van der Waals surface area contributed by atoms with Gasteiger partial charge in [-0.25, -0.2) is 9.18 Å². The molecule has 0 saturated heterocycles. The number of benzene rings is 3. The van der Waals surface area contributed by atoms with Gasteiger partial charge in [-0.15, -0.1) is 0 Å². The first-order valence-electron chi connectivity index (χ1n) is 10.4. The molecule has 0 spiro atoms. The molecule has 3 aromatic rings. The monoisotopic (exact) mass is 417 g/mol. The number of hydrogen-bond acceptors (Lipinski definition) is 3. The third-order valence-electron chi connectivity index (χ3n) is 4.88. The average molecular weight is 418 g/mol. The normalized spacial score (nSPS) is 13.2. The minimum Gasteiger partial charge on any atom is -0.458 e. The lowest BCUT2D eigenvalue weighted by atomic mass is 9.92. The zero-order valence-corrected chi connectivity index (χ0v) is 18.4. The number of carbonyl (C=O) groups is 1. The highest BCUT2D eigenvalue weighted by Crippen LogP contribution is 2.26. The van der Waals surface area contributed by atoms with Crippen molar-refractivity contribution in [2.75, 3.05) is 0 Å². The third-order valence-corrected chi connectivity index (χ3v) is 4.88. The summed E-state index contributed by atoms with van der Waals surface area (Å²) in [4.78, 5) is 18.2. The molecule has 31 heavy (non-hydrogen) atoms. The summed E-state index contributed by atoms with van der Waals surface area (Å²) in [7, 11) is 0. The summed E-state index contributed by atoms with van der Waals surface area (Å²) in [5.41, 5.74) is 2.71. The van der Waals surface area contributed by atoms with E-state index < -0.39 is 17.6 Å². The Bertz CT molecular complexity index is 981. The van der Waals surface area contributed by atoms with Crippen LogP contribution in [0.1, 0.15) is 50.3 Å². The minimum atomic E-state index is -0.792. The molecule has 0 aliphatic carbocycles. The second-order valence-electron chi connectivity index (χ2n) is 8.53. The molecule has 3 nitrogen and oxygen atoms in total. The molecule has 0 saturated carbocycles. The van der Waals surface area contributed by atoms with Crippen molar-refractivity contribution in [3.63, 3.8) is 0 Å². The van der Waals surface area contributed by atoms with Gasteiger partial charge in [-0.05, 0) is 38.5 Å². The molecule has 0 aliphatic rings. The number of esters is 1. The van der Waals surface area contributed by atoms with E-state index in [1.807, 2.05) is 88.4 Å². The molecule has 3 rings (SSSR count). The molecule has 0 heterocycles. The van der Waals surface area contributed by atoms with E-state index in [2.05, 4.69) is 0 Å². The highest BCUT2D eigenvalue weighted by atomic mass is 19.1. The fourth-order valence-corrected chi connectivity index (χ4v) is 3.33. The molecule has 0 fully saturated rings. The van der Waals surface area contributed by atoms with Crippen LogP contribution in [0, 0.1) is 5.82 Å². The van der Waals surface area contributed by atoms with Crippen LogP contribution in [0.15, 0.2) is 89.9 Å². The summed E-state index contributed by atoms with van der Waals surface area (Å²) >= 11 is 0. The lowest BCUT2D eigenvalue weighted by Crippen LogP contribution is -2.34. The molecule has 0 aromatic heterocycles. The maximum atomic E-state index is 13.5.